The Bertz CT molecular complexity index is 267. The van der Waals surface area contributed by atoms with Crippen molar-refractivity contribution in [2.75, 3.05) is 7.11 Å². The zero-order valence-corrected chi connectivity index (χ0v) is 10.7. The monoisotopic (exact) mass is 227 g/mol. The Morgan fingerprint density at radius 1 is 1.38 bits per heavy atom. The number of esters is 1. The Morgan fingerprint density at radius 3 is 2.31 bits per heavy atom. The first kappa shape index (κ1) is 12.3. The Balaban J connectivity index is 0.00000144. The second-order valence-corrected chi connectivity index (χ2v) is 2.44. The van der Waals surface area contributed by atoms with Crippen molar-refractivity contribution in [1.82, 2.24) is 0 Å². The van der Waals surface area contributed by atoms with E-state index in [1.165, 1.54) is 7.11 Å². The van der Waals surface area contributed by atoms with Gasteiger partial charge in [0.25, 0.3) is 0 Å². The molecule has 0 atom stereocenters. The first-order valence-electron chi connectivity index (χ1n) is 3.74. The SMILES string of the molecule is [CH2-]Cc1ccc(C(=O)OC)cc1.[Zn]. The largest absolute Gasteiger partial charge is 0.465 e. The van der Waals surface area contributed by atoms with Crippen molar-refractivity contribution in [3.63, 3.8) is 0 Å². The molecule has 0 radical (unpaired) electrons. The van der Waals surface area contributed by atoms with Gasteiger partial charge in [-0.2, -0.15) is 6.42 Å². The first-order valence-corrected chi connectivity index (χ1v) is 3.74. The molecule has 66 valence electrons. The quantitative estimate of drug-likeness (QED) is 0.439. The molecule has 0 aliphatic rings. The number of hydrogen-bond donors (Lipinski definition) is 0. The van der Waals surface area contributed by atoms with Crippen LogP contribution in [0.1, 0.15) is 15.9 Å². The summed E-state index contributed by atoms with van der Waals surface area (Å²) in [6, 6.07) is 7.23. The zero-order valence-electron chi connectivity index (χ0n) is 7.75. The molecule has 0 N–H and O–H groups in total. The van der Waals surface area contributed by atoms with E-state index in [1.54, 1.807) is 12.1 Å². The Morgan fingerprint density at radius 2 is 1.92 bits per heavy atom. The maximum atomic E-state index is 11.0. The molecule has 1 aromatic carbocycles. The molecule has 2 nitrogen and oxygen atoms in total. The summed E-state index contributed by atoms with van der Waals surface area (Å²) < 4.78 is 4.56. The summed E-state index contributed by atoms with van der Waals surface area (Å²) in [5.41, 5.74) is 1.69. The van der Waals surface area contributed by atoms with Gasteiger partial charge in [-0.3, -0.25) is 0 Å². The molecular formula is C10H11O2Zn-. The van der Waals surface area contributed by atoms with Crippen LogP contribution >= 0.6 is 0 Å². The maximum absolute atomic E-state index is 11.0. The number of carbonyl (C=O) groups is 1. The number of benzene rings is 1. The van der Waals surface area contributed by atoms with E-state index in [0.29, 0.717) is 5.56 Å². The van der Waals surface area contributed by atoms with Gasteiger partial charge in [0, 0.05) is 19.5 Å². The summed E-state index contributed by atoms with van der Waals surface area (Å²) in [5.74, 6) is -0.300. The normalized spacial score (nSPS) is 8.77. The molecule has 0 heterocycles. The summed E-state index contributed by atoms with van der Waals surface area (Å²) in [5, 5.41) is 0. The predicted octanol–water partition coefficient (Wildman–Crippen LogP) is 1.85. The standard InChI is InChI=1S/C10H11O2.Zn/c1-3-8-4-6-9(7-5-8)10(11)12-2;/h4-7H,1,3H2,2H3;/q-1;. The van der Waals surface area contributed by atoms with E-state index < -0.39 is 0 Å². The molecule has 0 saturated heterocycles. The van der Waals surface area contributed by atoms with Crippen molar-refractivity contribution < 1.29 is 29.0 Å². The molecule has 0 amide bonds. The molecular weight excluding hydrogens is 217 g/mol. The number of ether oxygens (including phenoxy) is 1. The molecule has 0 spiro atoms. The van der Waals surface area contributed by atoms with Crippen molar-refractivity contribution in [3.8, 4) is 0 Å². The first-order chi connectivity index (χ1) is 5.77. The van der Waals surface area contributed by atoms with Gasteiger partial charge in [0.1, 0.15) is 0 Å². The van der Waals surface area contributed by atoms with Crippen LogP contribution in [0.25, 0.3) is 0 Å². The number of rotatable bonds is 2. The van der Waals surface area contributed by atoms with Gasteiger partial charge in [-0.15, -0.1) is 0 Å². The minimum Gasteiger partial charge on any atom is -0.465 e. The fourth-order valence-corrected chi connectivity index (χ4v) is 0.925. The third-order valence-corrected chi connectivity index (χ3v) is 1.66. The Labute approximate surface area is 91.0 Å². The van der Waals surface area contributed by atoms with Crippen LogP contribution in [0.3, 0.4) is 0 Å². The van der Waals surface area contributed by atoms with E-state index in [2.05, 4.69) is 11.7 Å². The molecule has 1 aromatic rings. The fraction of sp³-hybridized carbons (Fsp3) is 0.200. The summed E-state index contributed by atoms with van der Waals surface area (Å²) >= 11 is 0. The van der Waals surface area contributed by atoms with Crippen LogP contribution in [0.2, 0.25) is 0 Å². The summed E-state index contributed by atoms with van der Waals surface area (Å²) in [6.45, 7) is 3.73. The molecule has 0 bridgehead atoms. The van der Waals surface area contributed by atoms with Crippen LogP contribution in [0.15, 0.2) is 24.3 Å². The van der Waals surface area contributed by atoms with Crippen LogP contribution in [-0.2, 0) is 30.6 Å². The number of hydrogen-bond acceptors (Lipinski definition) is 2. The van der Waals surface area contributed by atoms with Crippen LogP contribution < -0.4 is 0 Å². The van der Waals surface area contributed by atoms with E-state index in [1.807, 2.05) is 12.1 Å². The summed E-state index contributed by atoms with van der Waals surface area (Å²) in [4.78, 5) is 11.0. The molecule has 0 saturated carbocycles. The predicted molar refractivity (Wildman–Crippen MR) is 46.8 cm³/mol. The van der Waals surface area contributed by atoms with Crippen molar-refractivity contribution in [1.29, 1.82) is 0 Å². The molecule has 0 unspecified atom stereocenters. The average molecular weight is 229 g/mol. The molecule has 1 rings (SSSR count). The third-order valence-electron chi connectivity index (χ3n) is 1.66. The van der Waals surface area contributed by atoms with Crippen molar-refractivity contribution in [3.05, 3.63) is 42.3 Å². The van der Waals surface area contributed by atoms with Crippen LogP contribution in [-0.4, -0.2) is 13.1 Å². The minimum atomic E-state index is -0.300. The number of methoxy groups -OCH3 is 1. The number of carbonyl (C=O) groups excluding carboxylic acids is 1. The smallest absolute Gasteiger partial charge is 0.337 e. The van der Waals surface area contributed by atoms with E-state index in [-0.39, 0.29) is 25.4 Å². The van der Waals surface area contributed by atoms with Gasteiger partial charge in [-0.05, 0) is 12.1 Å². The van der Waals surface area contributed by atoms with E-state index in [4.69, 9.17) is 0 Å². The van der Waals surface area contributed by atoms with Gasteiger partial charge in [-0.1, -0.05) is 17.7 Å². The van der Waals surface area contributed by atoms with Crippen LogP contribution in [0.5, 0.6) is 0 Å². The van der Waals surface area contributed by atoms with Crippen molar-refractivity contribution >= 4 is 5.97 Å². The molecule has 13 heavy (non-hydrogen) atoms. The van der Waals surface area contributed by atoms with E-state index >= 15 is 0 Å². The summed E-state index contributed by atoms with van der Waals surface area (Å²) in [6.07, 6.45) is 0.738. The van der Waals surface area contributed by atoms with E-state index in [9.17, 15) is 4.79 Å². The van der Waals surface area contributed by atoms with Gasteiger partial charge >= 0.3 is 5.97 Å². The topological polar surface area (TPSA) is 26.3 Å². The van der Waals surface area contributed by atoms with Crippen LogP contribution in [0, 0.1) is 6.92 Å². The second-order valence-electron chi connectivity index (χ2n) is 2.44. The molecule has 0 fully saturated rings. The molecule has 0 aliphatic heterocycles. The Kier molecular flexibility index (Phi) is 5.56. The van der Waals surface area contributed by atoms with Gasteiger partial charge in [0.05, 0.1) is 12.7 Å². The van der Waals surface area contributed by atoms with Gasteiger partial charge in [0.15, 0.2) is 0 Å². The van der Waals surface area contributed by atoms with Gasteiger partial charge in [0.2, 0.25) is 0 Å². The minimum absolute atomic E-state index is 0. The van der Waals surface area contributed by atoms with Gasteiger partial charge < -0.3 is 11.7 Å². The van der Waals surface area contributed by atoms with Crippen molar-refractivity contribution in [2.24, 2.45) is 0 Å². The summed E-state index contributed by atoms with van der Waals surface area (Å²) in [7, 11) is 1.37. The van der Waals surface area contributed by atoms with Gasteiger partial charge in [-0.25, -0.2) is 4.79 Å². The molecule has 0 aromatic heterocycles. The Hall–Kier alpha value is -0.687. The fourth-order valence-electron chi connectivity index (χ4n) is 0.925. The average Bonchev–Trinajstić information content (AvgIpc) is 2.17. The van der Waals surface area contributed by atoms with E-state index in [0.717, 1.165) is 12.0 Å². The molecule has 0 aliphatic carbocycles. The third kappa shape index (κ3) is 3.27. The zero-order chi connectivity index (χ0) is 8.97. The maximum Gasteiger partial charge on any atom is 0.337 e. The second kappa shape index (κ2) is 5.87. The van der Waals surface area contributed by atoms with Crippen LogP contribution in [0.4, 0.5) is 0 Å². The van der Waals surface area contributed by atoms with Crippen molar-refractivity contribution in [2.45, 2.75) is 6.42 Å². The molecule has 3 heteroatoms.